The second-order valence-corrected chi connectivity index (χ2v) is 4.94. The molecule has 0 fully saturated rings. The van der Waals surface area contributed by atoms with Gasteiger partial charge >= 0.3 is 12.0 Å². The summed E-state index contributed by atoms with van der Waals surface area (Å²) in [4.78, 5) is 27.0. The lowest BCUT2D eigenvalue weighted by Crippen LogP contribution is -2.20. The van der Waals surface area contributed by atoms with E-state index >= 15 is 0 Å². The molecule has 2 aromatic heterocycles. The number of carbonyl (C=O) groups excluding carboxylic acids is 1. The minimum Gasteiger partial charge on any atom is -0.477 e. The average Bonchev–Trinajstić information content (AvgIpc) is 2.88. The van der Waals surface area contributed by atoms with E-state index in [0.717, 1.165) is 18.0 Å². The van der Waals surface area contributed by atoms with Crippen LogP contribution in [0.2, 0.25) is 0 Å². The minimum absolute atomic E-state index is 0.0102. The maximum Gasteiger partial charge on any atom is 0.344 e. The van der Waals surface area contributed by atoms with Gasteiger partial charge in [0.1, 0.15) is 5.00 Å². The molecule has 0 spiro atoms. The maximum absolute atomic E-state index is 11.9. The number of amides is 2. The first-order valence-electron chi connectivity index (χ1n) is 6.45. The second kappa shape index (κ2) is 7.36. The first-order valence-corrected chi connectivity index (χ1v) is 7.23. The van der Waals surface area contributed by atoms with Crippen LogP contribution in [0.5, 0.6) is 5.88 Å². The van der Waals surface area contributed by atoms with Crippen LogP contribution in [0.15, 0.2) is 24.5 Å². The molecule has 22 heavy (non-hydrogen) atoms. The number of hydrogen-bond donors (Lipinski definition) is 3. The Morgan fingerprint density at radius 2 is 2.23 bits per heavy atom. The van der Waals surface area contributed by atoms with E-state index in [1.54, 1.807) is 18.3 Å². The van der Waals surface area contributed by atoms with Gasteiger partial charge < -0.3 is 15.2 Å². The number of pyridine rings is 1. The van der Waals surface area contributed by atoms with E-state index in [2.05, 4.69) is 20.0 Å². The zero-order valence-corrected chi connectivity index (χ0v) is 12.5. The van der Waals surface area contributed by atoms with Crippen molar-refractivity contribution in [3.8, 4) is 5.88 Å². The molecule has 8 nitrogen and oxygen atoms in total. The second-order valence-electron chi connectivity index (χ2n) is 4.17. The topological polar surface area (TPSA) is 113 Å². The van der Waals surface area contributed by atoms with Gasteiger partial charge in [0, 0.05) is 6.20 Å². The highest BCUT2D eigenvalue weighted by Crippen LogP contribution is 2.30. The van der Waals surface area contributed by atoms with Gasteiger partial charge in [0.15, 0.2) is 5.56 Å². The molecule has 0 atom stereocenters. The van der Waals surface area contributed by atoms with E-state index in [4.69, 9.17) is 4.74 Å². The molecule has 2 amide bonds. The fourth-order valence-electron chi connectivity index (χ4n) is 1.55. The van der Waals surface area contributed by atoms with Crippen molar-refractivity contribution in [2.24, 2.45) is 0 Å². The predicted molar refractivity (Wildman–Crippen MR) is 81.7 cm³/mol. The number of nitrogens with zero attached hydrogens (tertiary/aromatic N) is 2. The molecule has 0 aliphatic rings. The third kappa shape index (κ3) is 3.92. The van der Waals surface area contributed by atoms with Gasteiger partial charge in [-0.05, 0) is 30.1 Å². The van der Waals surface area contributed by atoms with Gasteiger partial charge in [0.05, 0.1) is 18.5 Å². The summed E-state index contributed by atoms with van der Waals surface area (Å²) in [5.74, 6) is -1.20. The van der Waals surface area contributed by atoms with Crippen LogP contribution in [0.4, 0.5) is 15.5 Å². The number of urea groups is 1. The van der Waals surface area contributed by atoms with Crippen LogP contribution in [-0.2, 0) is 0 Å². The van der Waals surface area contributed by atoms with Crippen LogP contribution < -0.4 is 15.4 Å². The van der Waals surface area contributed by atoms with Crippen molar-refractivity contribution in [2.45, 2.75) is 13.3 Å². The molecule has 0 unspecified atom stereocenters. The van der Waals surface area contributed by atoms with Crippen molar-refractivity contribution < 1.29 is 19.4 Å². The molecular formula is C13H14N4O4S. The van der Waals surface area contributed by atoms with Crippen LogP contribution in [0, 0.1) is 0 Å². The van der Waals surface area contributed by atoms with E-state index in [1.165, 1.54) is 6.20 Å². The van der Waals surface area contributed by atoms with Gasteiger partial charge in [-0.1, -0.05) is 6.92 Å². The number of hydrogen-bond acceptors (Lipinski definition) is 6. The van der Waals surface area contributed by atoms with Crippen LogP contribution in [-0.4, -0.2) is 33.1 Å². The summed E-state index contributed by atoms with van der Waals surface area (Å²) in [6.45, 7) is 2.25. The van der Waals surface area contributed by atoms with Gasteiger partial charge in [-0.15, -0.1) is 0 Å². The Balaban J connectivity index is 2.10. The Kier molecular flexibility index (Phi) is 5.26. The summed E-state index contributed by atoms with van der Waals surface area (Å²) >= 11 is 0.850. The fraction of sp³-hybridized carbons (Fsp3) is 0.231. The minimum atomic E-state index is -1.21. The fourth-order valence-corrected chi connectivity index (χ4v) is 2.27. The van der Waals surface area contributed by atoms with Crippen LogP contribution in [0.1, 0.15) is 23.7 Å². The lowest BCUT2D eigenvalue weighted by molar-refractivity contribution is 0.0693. The van der Waals surface area contributed by atoms with Crippen molar-refractivity contribution in [3.05, 3.63) is 30.1 Å². The molecule has 0 aliphatic heterocycles. The molecule has 0 aromatic carbocycles. The van der Waals surface area contributed by atoms with Crippen LogP contribution >= 0.6 is 11.5 Å². The maximum atomic E-state index is 11.9. The number of anilines is 2. The normalized spacial score (nSPS) is 10.0. The zero-order valence-electron chi connectivity index (χ0n) is 11.7. The number of aromatic carboxylic acids is 1. The van der Waals surface area contributed by atoms with E-state index in [1.807, 2.05) is 6.92 Å². The molecule has 2 heterocycles. The highest BCUT2D eigenvalue weighted by atomic mass is 32.1. The highest BCUT2D eigenvalue weighted by Gasteiger charge is 2.23. The number of ether oxygens (including phenoxy) is 1. The molecule has 0 aliphatic carbocycles. The number of carboxylic acid groups (broad SMARTS) is 1. The van der Waals surface area contributed by atoms with Crippen LogP contribution in [0.25, 0.3) is 0 Å². The van der Waals surface area contributed by atoms with Crippen LogP contribution in [0.3, 0.4) is 0 Å². The monoisotopic (exact) mass is 322 g/mol. The molecule has 0 radical (unpaired) electrons. The number of carboxylic acids is 1. The van der Waals surface area contributed by atoms with Gasteiger partial charge in [-0.25, -0.2) is 9.59 Å². The Labute approximate surface area is 130 Å². The summed E-state index contributed by atoms with van der Waals surface area (Å²) in [5.41, 5.74) is 0.337. The molecule has 3 N–H and O–H groups in total. The number of carbonyl (C=O) groups is 2. The molecule has 2 rings (SSSR count). The number of nitrogens with one attached hydrogen (secondary N) is 2. The van der Waals surface area contributed by atoms with Crippen molar-refractivity contribution in [2.75, 3.05) is 17.2 Å². The Morgan fingerprint density at radius 1 is 1.41 bits per heavy atom. The Bertz CT molecular complexity index is 659. The van der Waals surface area contributed by atoms with Crippen molar-refractivity contribution in [3.63, 3.8) is 0 Å². The van der Waals surface area contributed by atoms with Crippen molar-refractivity contribution >= 4 is 34.2 Å². The zero-order chi connectivity index (χ0) is 15.9. The third-order valence-electron chi connectivity index (χ3n) is 2.46. The molecule has 0 bridgehead atoms. The standard InChI is InChI=1S/C13H14N4O4S/c1-2-6-21-10-9(12(18)19)11(22-17-10)16-13(20)15-8-4-3-5-14-7-8/h3-5,7H,2,6H2,1H3,(H,18,19)(H2,15,16,20). The smallest absolute Gasteiger partial charge is 0.344 e. The largest absolute Gasteiger partial charge is 0.477 e. The quantitative estimate of drug-likeness (QED) is 0.753. The Morgan fingerprint density at radius 3 is 2.86 bits per heavy atom. The number of rotatable bonds is 6. The Hall–Kier alpha value is -2.68. The lowest BCUT2D eigenvalue weighted by atomic mass is 10.3. The first-order chi connectivity index (χ1) is 10.6. The van der Waals surface area contributed by atoms with Crippen molar-refractivity contribution in [1.29, 1.82) is 0 Å². The predicted octanol–water partition coefficient (Wildman–Crippen LogP) is 2.67. The van der Waals surface area contributed by atoms with E-state index in [0.29, 0.717) is 12.3 Å². The van der Waals surface area contributed by atoms with Crippen molar-refractivity contribution in [1.82, 2.24) is 9.36 Å². The summed E-state index contributed by atoms with van der Waals surface area (Å²) < 4.78 is 9.18. The van der Waals surface area contributed by atoms with E-state index in [-0.39, 0.29) is 16.4 Å². The summed E-state index contributed by atoms with van der Waals surface area (Å²) in [5, 5.41) is 14.3. The van der Waals surface area contributed by atoms with E-state index < -0.39 is 12.0 Å². The van der Waals surface area contributed by atoms with Gasteiger partial charge in [-0.2, -0.15) is 4.37 Å². The third-order valence-corrected chi connectivity index (χ3v) is 3.21. The molecule has 0 saturated carbocycles. The number of aromatic nitrogens is 2. The molecule has 116 valence electrons. The summed E-state index contributed by atoms with van der Waals surface area (Å²) in [6.07, 6.45) is 3.77. The van der Waals surface area contributed by atoms with Gasteiger partial charge in [0.25, 0.3) is 0 Å². The van der Waals surface area contributed by atoms with Gasteiger partial charge in [-0.3, -0.25) is 10.3 Å². The SMILES string of the molecule is CCCOc1nsc(NC(=O)Nc2cccnc2)c1C(=O)O. The summed E-state index contributed by atoms with van der Waals surface area (Å²) in [6, 6.07) is 2.75. The molecule has 2 aromatic rings. The highest BCUT2D eigenvalue weighted by molar-refractivity contribution is 7.11. The first kappa shape index (κ1) is 15.7. The molecule has 0 saturated heterocycles. The molecular weight excluding hydrogens is 308 g/mol. The van der Waals surface area contributed by atoms with Gasteiger partial charge in [0.2, 0.25) is 5.88 Å². The van der Waals surface area contributed by atoms with E-state index in [9.17, 15) is 14.7 Å². The average molecular weight is 322 g/mol. The molecule has 9 heteroatoms. The summed E-state index contributed by atoms with van der Waals surface area (Å²) in [7, 11) is 0. The lowest BCUT2D eigenvalue weighted by Gasteiger charge is -2.06.